The van der Waals surface area contributed by atoms with Crippen LogP contribution in [0.1, 0.15) is 11.7 Å². The van der Waals surface area contributed by atoms with E-state index in [1.165, 1.54) is 12.1 Å². The average Bonchev–Trinajstić information content (AvgIpc) is 1.88. The van der Waals surface area contributed by atoms with E-state index in [1.54, 1.807) is 12.1 Å². The highest BCUT2D eigenvalue weighted by molar-refractivity contribution is 5.19. The number of halogens is 1. The third-order valence-electron chi connectivity index (χ3n) is 1.23. The molecule has 0 spiro atoms. The van der Waals surface area contributed by atoms with E-state index in [1.807, 2.05) is 0 Å². The molecular weight excluding hydrogens is 131 g/mol. The predicted molar refractivity (Wildman–Crippen MR) is 36.7 cm³/mol. The van der Waals surface area contributed by atoms with E-state index >= 15 is 0 Å². The van der Waals surface area contributed by atoms with Gasteiger partial charge in [-0.3, -0.25) is 0 Å². The molecule has 2 heteroatoms. The zero-order valence-electron chi connectivity index (χ0n) is 5.42. The molecule has 0 saturated heterocycles. The van der Waals surface area contributed by atoms with E-state index in [0.29, 0.717) is 5.56 Å². The first-order chi connectivity index (χ1) is 4.70. The second kappa shape index (κ2) is 2.80. The smallest absolute Gasteiger partial charge is 0.123 e. The third-order valence-corrected chi connectivity index (χ3v) is 1.23. The van der Waals surface area contributed by atoms with Crippen LogP contribution >= 0.6 is 0 Å². The molecule has 1 rings (SSSR count). The summed E-state index contributed by atoms with van der Waals surface area (Å²) in [6, 6.07) is 5.75. The van der Waals surface area contributed by atoms with Crippen LogP contribution in [0.2, 0.25) is 0 Å². The molecule has 1 unspecified atom stereocenters. The van der Waals surface area contributed by atoms with Crippen LogP contribution in [0.4, 0.5) is 4.39 Å². The normalized spacial score (nSPS) is 13.1. The molecule has 0 aromatic heterocycles. The number of hydrogen-bond acceptors (Lipinski definition) is 1. The Morgan fingerprint density at radius 2 is 2.20 bits per heavy atom. The van der Waals surface area contributed by atoms with Gasteiger partial charge in [-0.05, 0) is 24.6 Å². The maximum Gasteiger partial charge on any atom is 0.123 e. The fourth-order valence-electron chi connectivity index (χ4n) is 0.714. The summed E-state index contributed by atoms with van der Waals surface area (Å²) in [5, 5.41) is 8.87. The lowest BCUT2D eigenvalue weighted by molar-refractivity contribution is 0.225. The van der Waals surface area contributed by atoms with Gasteiger partial charge in [0.2, 0.25) is 0 Å². The molecule has 0 aliphatic rings. The summed E-state index contributed by atoms with van der Waals surface area (Å²) in [6.07, 6.45) is -0.837. The van der Waals surface area contributed by atoms with Crippen LogP contribution in [0.25, 0.3) is 0 Å². The van der Waals surface area contributed by atoms with Crippen molar-refractivity contribution in [1.29, 1.82) is 0 Å². The first kappa shape index (κ1) is 7.22. The van der Waals surface area contributed by atoms with Crippen molar-refractivity contribution in [2.75, 3.05) is 0 Å². The highest BCUT2D eigenvalue weighted by Crippen LogP contribution is 2.11. The van der Waals surface area contributed by atoms with Crippen LogP contribution < -0.4 is 0 Å². The highest BCUT2D eigenvalue weighted by Gasteiger charge is 1.99. The summed E-state index contributed by atoms with van der Waals surface area (Å²) in [5.74, 6) is -0.347. The summed E-state index contributed by atoms with van der Waals surface area (Å²) in [6.45, 7) is 3.34. The molecule has 53 valence electrons. The summed E-state index contributed by atoms with van der Waals surface area (Å²) >= 11 is 0. The zero-order chi connectivity index (χ0) is 7.56. The monoisotopic (exact) mass is 139 g/mol. The Morgan fingerprint density at radius 3 is 2.60 bits per heavy atom. The van der Waals surface area contributed by atoms with Crippen LogP contribution in [0.15, 0.2) is 24.3 Å². The van der Waals surface area contributed by atoms with Crippen molar-refractivity contribution in [2.24, 2.45) is 0 Å². The van der Waals surface area contributed by atoms with Crippen molar-refractivity contribution in [3.8, 4) is 0 Å². The van der Waals surface area contributed by atoms with Gasteiger partial charge in [-0.15, -0.1) is 0 Å². The van der Waals surface area contributed by atoms with E-state index in [2.05, 4.69) is 6.92 Å². The molecule has 0 fully saturated rings. The lowest BCUT2D eigenvalue weighted by atomic mass is 10.1. The Labute approximate surface area is 59.1 Å². The van der Waals surface area contributed by atoms with Crippen molar-refractivity contribution in [2.45, 2.75) is 6.10 Å². The molecule has 1 N–H and O–H groups in total. The van der Waals surface area contributed by atoms with E-state index in [0.717, 1.165) is 0 Å². The highest BCUT2D eigenvalue weighted by atomic mass is 19.1. The van der Waals surface area contributed by atoms with Crippen LogP contribution in [-0.4, -0.2) is 5.11 Å². The minimum Gasteiger partial charge on any atom is -0.388 e. The van der Waals surface area contributed by atoms with Crippen LogP contribution in [-0.2, 0) is 0 Å². The van der Waals surface area contributed by atoms with Crippen LogP contribution in [0.3, 0.4) is 0 Å². The second-order valence-electron chi connectivity index (χ2n) is 2.07. The number of aliphatic hydroxyl groups excluding tert-OH is 1. The standard InChI is InChI=1S/C8H8FO/c1-6(10)7-3-2-4-8(9)5-7/h2-6,10H,1H2. The first-order valence-electron chi connectivity index (χ1n) is 2.97. The van der Waals surface area contributed by atoms with Gasteiger partial charge in [-0.25, -0.2) is 4.39 Å². The lowest BCUT2D eigenvalue weighted by Gasteiger charge is -2.02. The molecule has 1 aromatic carbocycles. The molecule has 0 aliphatic carbocycles. The van der Waals surface area contributed by atoms with Crippen LogP contribution in [0.5, 0.6) is 0 Å². The second-order valence-corrected chi connectivity index (χ2v) is 2.07. The van der Waals surface area contributed by atoms with Gasteiger partial charge in [-0.2, -0.15) is 0 Å². The van der Waals surface area contributed by atoms with Crippen molar-refractivity contribution in [3.05, 3.63) is 42.6 Å². The van der Waals surface area contributed by atoms with Crippen molar-refractivity contribution < 1.29 is 9.50 Å². The molecular formula is C8H8FO. The van der Waals surface area contributed by atoms with Gasteiger partial charge in [0.1, 0.15) is 5.82 Å². The number of benzene rings is 1. The Kier molecular flexibility index (Phi) is 2.02. The van der Waals surface area contributed by atoms with Gasteiger partial charge < -0.3 is 5.11 Å². The quantitative estimate of drug-likeness (QED) is 0.627. The predicted octanol–water partition coefficient (Wildman–Crippen LogP) is 1.69. The summed E-state index contributed by atoms with van der Waals surface area (Å²) in [4.78, 5) is 0. The van der Waals surface area contributed by atoms with Gasteiger partial charge in [0, 0.05) is 0 Å². The fraction of sp³-hybridized carbons (Fsp3) is 0.125. The number of aliphatic hydroxyl groups is 1. The van der Waals surface area contributed by atoms with Crippen molar-refractivity contribution in [1.82, 2.24) is 0 Å². The average molecular weight is 139 g/mol. The molecule has 1 aromatic rings. The van der Waals surface area contributed by atoms with Gasteiger partial charge in [0.05, 0.1) is 6.10 Å². The van der Waals surface area contributed by atoms with Gasteiger partial charge in [-0.1, -0.05) is 12.1 Å². The molecule has 10 heavy (non-hydrogen) atoms. The maximum absolute atomic E-state index is 12.4. The molecule has 0 aliphatic heterocycles. The molecule has 0 amide bonds. The molecule has 0 heterocycles. The Balaban J connectivity index is 2.96. The maximum atomic E-state index is 12.4. The van der Waals surface area contributed by atoms with Gasteiger partial charge in [0.15, 0.2) is 0 Å². The third kappa shape index (κ3) is 1.54. The topological polar surface area (TPSA) is 20.2 Å². The van der Waals surface area contributed by atoms with Crippen molar-refractivity contribution in [3.63, 3.8) is 0 Å². The Bertz CT molecular complexity index is 220. The van der Waals surface area contributed by atoms with Crippen LogP contribution in [0, 0.1) is 12.7 Å². The zero-order valence-corrected chi connectivity index (χ0v) is 5.42. The molecule has 0 bridgehead atoms. The van der Waals surface area contributed by atoms with Gasteiger partial charge in [0.25, 0.3) is 0 Å². The van der Waals surface area contributed by atoms with E-state index in [9.17, 15) is 4.39 Å². The molecule has 1 nitrogen and oxygen atoms in total. The molecule has 0 saturated carbocycles. The number of rotatable bonds is 1. The van der Waals surface area contributed by atoms with E-state index in [4.69, 9.17) is 5.11 Å². The lowest BCUT2D eigenvalue weighted by Crippen LogP contribution is -1.90. The number of hydrogen-bond donors (Lipinski definition) is 1. The largest absolute Gasteiger partial charge is 0.388 e. The Hall–Kier alpha value is -0.890. The Morgan fingerprint density at radius 1 is 1.50 bits per heavy atom. The summed E-state index contributed by atoms with van der Waals surface area (Å²) < 4.78 is 12.4. The minimum atomic E-state index is -0.837. The van der Waals surface area contributed by atoms with Crippen molar-refractivity contribution >= 4 is 0 Å². The fourth-order valence-corrected chi connectivity index (χ4v) is 0.714. The van der Waals surface area contributed by atoms with E-state index < -0.39 is 6.10 Å². The van der Waals surface area contributed by atoms with E-state index in [-0.39, 0.29) is 5.82 Å². The molecule has 1 radical (unpaired) electrons. The molecule has 1 atom stereocenters. The van der Waals surface area contributed by atoms with Gasteiger partial charge >= 0.3 is 0 Å². The summed E-state index contributed by atoms with van der Waals surface area (Å²) in [5.41, 5.74) is 0.500. The summed E-state index contributed by atoms with van der Waals surface area (Å²) in [7, 11) is 0. The minimum absolute atomic E-state index is 0.347. The SMILES string of the molecule is [CH2]C(O)c1cccc(F)c1. The first-order valence-corrected chi connectivity index (χ1v) is 2.97.